The summed E-state index contributed by atoms with van der Waals surface area (Å²) in [6.07, 6.45) is 0. The molecule has 0 spiro atoms. The van der Waals surface area contributed by atoms with Crippen LogP contribution < -0.4 is 10.6 Å². The van der Waals surface area contributed by atoms with Crippen LogP contribution in [-0.2, 0) is 0 Å². The van der Waals surface area contributed by atoms with Crippen LogP contribution in [0, 0.1) is 5.82 Å². The van der Waals surface area contributed by atoms with E-state index in [9.17, 15) is 18.8 Å². The fourth-order valence-electron chi connectivity index (χ4n) is 3.53. The largest absolute Gasteiger partial charge is 0.478 e. The van der Waals surface area contributed by atoms with E-state index < -0.39 is 23.4 Å². The fourth-order valence-corrected chi connectivity index (χ4v) is 4.09. The Balaban J connectivity index is 2.07. The van der Waals surface area contributed by atoms with E-state index in [4.69, 9.17) is 28.3 Å². The Morgan fingerprint density at radius 3 is 2.21 bits per heavy atom. The lowest BCUT2D eigenvalue weighted by molar-refractivity contribution is 0.0696. The van der Waals surface area contributed by atoms with Gasteiger partial charge in [0.1, 0.15) is 5.82 Å². The zero-order valence-corrected chi connectivity index (χ0v) is 18.9. The quantitative estimate of drug-likeness (QED) is 0.451. The van der Waals surface area contributed by atoms with Crippen molar-refractivity contribution < 1.29 is 19.1 Å². The van der Waals surface area contributed by atoms with E-state index in [1.807, 2.05) is 0 Å². The van der Waals surface area contributed by atoms with Gasteiger partial charge in [0.25, 0.3) is 5.91 Å². The van der Waals surface area contributed by atoms with Crippen molar-refractivity contribution in [3.63, 3.8) is 0 Å². The second-order valence-corrected chi connectivity index (χ2v) is 8.21. The zero-order valence-electron chi connectivity index (χ0n) is 17.3. The molecule has 0 fully saturated rings. The van der Waals surface area contributed by atoms with E-state index in [1.54, 1.807) is 43.3 Å². The molecule has 10 heteroatoms. The van der Waals surface area contributed by atoms with E-state index in [1.165, 1.54) is 24.3 Å². The van der Waals surface area contributed by atoms with Crippen LogP contribution in [0.1, 0.15) is 20.7 Å². The Hall–Kier alpha value is -3.62. The molecule has 0 bridgehead atoms. The molecule has 0 aliphatic rings. The second-order valence-electron chi connectivity index (χ2n) is 7.39. The summed E-state index contributed by atoms with van der Waals surface area (Å²) in [4.78, 5) is 39.9. The number of fused-ring (bicyclic) bond motifs is 1. The van der Waals surface area contributed by atoms with Gasteiger partial charge in [-0.25, -0.2) is 18.5 Å². The summed E-state index contributed by atoms with van der Waals surface area (Å²) in [5.41, 5.74) is -0.278. The predicted octanol–water partition coefficient (Wildman–Crippen LogP) is 4.69. The van der Waals surface area contributed by atoms with Gasteiger partial charge in [0.2, 0.25) is 0 Å². The highest BCUT2D eigenvalue weighted by Crippen LogP contribution is 2.29. The van der Waals surface area contributed by atoms with Crippen molar-refractivity contribution >= 4 is 51.8 Å². The molecule has 4 aromatic rings. The molecule has 33 heavy (non-hydrogen) atoms. The molecular formula is C23H16Cl2FN3O4. The van der Waals surface area contributed by atoms with E-state index in [0.29, 0.717) is 5.69 Å². The number of nitrogens with zero attached hydrogens (tertiary/aromatic N) is 3. The Kier molecular flexibility index (Phi) is 5.73. The van der Waals surface area contributed by atoms with Crippen LogP contribution in [-0.4, -0.2) is 40.2 Å². The molecule has 0 aliphatic carbocycles. The summed E-state index contributed by atoms with van der Waals surface area (Å²) in [5.74, 6) is -3.02. The summed E-state index contributed by atoms with van der Waals surface area (Å²) in [7, 11) is 3.58. The van der Waals surface area contributed by atoms with E-state index in [0.717, 1.165) is 15.2 Å². The third kappa shape index (κ3) is 3.77. The van der Waals surface area contributed by atoms with Crippen molar-refractivity contribution in [3.05, 3.63) is 92.1 Å². The molecule has 0 radical (unpaired) electrons. The highest BCUT2D eigenvalue weighted by atomic mass is 35.5. The monoisotopic (exact) mass is 487 g/mol. The van der Waals surface area contributed by atoms with Gasteiger partial charge < -0.3 is 10.0 Å². The molecule has 0 saturated heterocycles. The SMILES string of the molecule is CN(C)c1ccc2c(c1)n(C(=O)c1c(Cl)cccc1Cl)c(=O)n2-c1ccc(C(=O)O)cc1F. The van der Waals surface area contributed by atoms with Gasteiger partial charge >= 0.3 is 11.7 Å². The Labute approximate surface area is 196 Å². The lowest BCUT2D eigenvalue weighted by Gasteiger charge is -2.13. The number of aromatic carboxylic acids is 1. The number of carboxylic acid groups (broad SMARTS) is 1. The molecule has 4 rings (SSSR count). The van der Waals surface area contributed by atoms with Crippen molar-refractivity contribution in [3.8, 4) is 5.69 Å². The molecule has 0 aliphatic heterocycles. The highest BCUT2D eigenvalue weighted by Gasteiger charge is 2.26. The third-order valence-corrected chi connectivity index (χ3v) is 5.78. The number of rotatable bonds is 4. The minimum atomic E-state index is -1.31. The lowest BCUT2D eigenvalue weighted by atomic mass is 10.2. The van der Waals surface area contributed by atoms with Crippen LogP contribution in [0.15, 0.2) is 59.4 Å². The standard InChI is InChI=1S/C23H16Cl2FN3O4/c1-27(2)13-7-9-18-19(11-13)29(21(30)20-14(24)4-3-5-15(20)25)23(33)28(18)17-8-6-12(22(31)32)10-16(17)26/h3-11H,1-2H3,(H,31,32). The van der Waals surface area contributed by atoms with Crippen LogP contribution in [0.4, 0.5) is 10.1 Å². The lowest BCUT2D eigenvalue weighted by Crippen LogP contribution is -2.29. The van der Waals surface area contributed by atoms with E-state index >= 15 is 0 Å². The zero-order chi connectivity index (χ0) is 24.0. The van der Waals surface area contributed by atoms with Gasteiger partial charge in [0.15, 0.2) is 0 Å². The second kappa shape index (κ2) is 8.38. The molecule has 0 saturated carbocycles. The van der Waals surface area contributed by atoms with Crippen LogP contribution in [0.3, 0.4) is 0 Å². The Morgan fingerprint density at radius 1 is 0.970 bits per heavy atom. The highest BCUT2D eigenvalue weighted by molar-refractivity contribution is 6.40. The molecule has 168 valence electrons. The summed E-state index contributed by atoms with van der Waals surface area (Å²) >= 11 is 12.4. The minimum absolute atomic E-state index is 0.0565. The topological polar surface area (TPSA) is 84.5 Å². The van der Waals surface area contributed by atoms with E-state index in [-0.39, 0.29) is 37.9 Å². The molecule has 1 aromatic heterocycles. The number of benzene rings is 3. The van der Waals surface area contributed by atoms with Crippen molar-refractivity contribution in [2.45, 2.75) is 0 Å². The maximum absolute atomic E-state index is 14.9. The molecule has 7 nitrogen and oxygen atoms in total. The fraction of sp³-hybridized carbons (Fsp3) is 0.0870. The number of hydrogen-bond donors (Lipinski definition) is 1. The number of anilines is 1. The van der Waals surface area contributed by atoms with Gasteiger partial charge in [-0.2, -0.15) is 0 Å². The molecule has 1 heterocycles. The Morgan fingerprint density at radius 2 is 1.64 bits per heavy atom. The van der Waals surface area contributed by atoms with Gasteiger partial charge in [0, 0.05) is 19.8 Å². The predicted molar refractivity (Wildman–Crippen MR) is 125 cm³/mol. The number of carbonyl (C=O) groups is 2. The maximum atomic E-state index is 14.9. The number of hydrogen-bond acceptors (Lipinski definition) is 4. The normalized spacial score (nSPS) is 11.1. The molecule has 0 amide bonds. The van der Waals surface area contributed by atoms with Gasteiger partial charge in [-0.1, -0.05) is 29.3 Å². The number of carboxylic acids is 1. The smallest absolute Gasteiger partial charge is 0.340 e. The number of carbonyl (C=O) groups excluding carboxylic acids is 1. The van der Waals surface area contributed by atoms with Crippen molar-refractivity contribution in [1.82, 2.24) is 9.13 Å². The molecule has 0 unspecified atom stereocenters. The third-order valence-electron chi connectivity index (χ3n) is 5.16. The minimum Gasteiger partial charge on any atom is -0.478 e. The summed E-state index contributed by atoms with van der Waals surface area (Å²) in [6, 6.07) is 12.6. The van der Waals surface area contributed by atoms with Crippen LogP contribution >= 0.6 is 23.2 Å². The number of aromatic nitrogens is 2. The molecule has 0 atom stereocenters. The van der Waals surface area contributed by atoms with Crippen molar-refractivity contribution in [2.24, 2.45) is 0 Å². The number of halogens is 3. The average molecular weight is 488 g/mol. The van der Waals surface area contributed by atoms with Crippen LogP contribution in [0.2, 0.25) is 10.0 Å². The summed E-state index contributed by atoms with van der Waals surface area (Å²) in [5, 5.41) is 9.23. The van der Waals surface area contributed by atoms with E-state index in [2.05, 4.69) is 0 Å². The van der Waals surface area contributed by atoms with Gasteiger partial charge in [-0.15, -0.1) is 0 Å². The average Bonchev–Trinajstić information content (AvgIpc) is 3.04. The molecule has 3 aromatic carbocycles. The summed E-state index contributed by atoms with van der Waals surface area (Å²) < 4.78 is 16.8. The molecule has 1 N–H and O–H groups in total. The first-order valence-corrected chi connectivity index (χ1v) is 10.3. The first kappa shape index (κ1) is 22.6. The first-order chi connectivity index (χ1) is 15.6. The van der Waals surface area contributed by atoms with Gasteiger partial charge in [0.05, 0.1) is 37.9 Å². The summed E-state index contributed by atoms with van der Waals surface area (Å²) in [6.45, 7) is 0. The molecular weight excluding hydrogens is 472 g/mol. The van der Waals surface area contributed by atoms with Crippen molar-refractivity contribution in [1.29, 1.82) is 0 Å². The van der Waals surface area contributed by atoms with Gasteiger partial charge in [-0.3, -0.25) is 9.36 Å². The maximum Gasteiger partial charge on any atom is 0.340 e. The van der Waals surface area contributed by atoms with Crippen molar-refractivity contribution in [2.75, 3.05) is 19.0 Å². The Bertz CT molecular complexity index is 1490. The first-order valence-electron chi connectivity index (χ1n) is 9.58. The van der Waals surface area contributed by atoms with Gasteiger partial charge in [-0.05, 0) is 48.5 Å². The van der Waals surface area contributed by atoms with Crippen LogP contribution in [0.5, 0.6) is 0 Å². The number of imidazole rings is 1. The van der Waals surface area contributed by atoms with Crippen LogP contribution in [0.25, 0.3) is 16.7 Å².